The molecule has 1 aromatic rings. The summed E-state index contributed by atoms with van der Waals surface area (Å²) in [5, 5.41) is 10.7. The summed E-state index contributed by atoms with van der Waals surface area (Å²) in [6.07, 6.45) is 4.20. The molecule has 0 aliphatic heterocycles. The Morgan fingerprint density at radius 2 is 2.07 bits per heavy atom. The fourth-order valence-corrected chi connectivity index (χ4v) is 1.85. The molecule has 0 saturated heterocycles. The molecule has 3 nitrogen and oxygen atoms in total. The molecule has 0 fully saturated rings. The maximum atomic E-state index is 4.06. The van der Waals surface area contributed by atoms with E-state index in [1.54, 1.807) is 0 Å². The lowest BCUT2D eigenvalue weighted by molar-refractivity contribution is 0.299. The topological polar surface area (TPSA) is 40.7 Å². The number of hydrogen-bond acceptors (Lipinski definition) is 2. The molecule has 0 aliphatic rings. The van der Waals surface area contributed by atoms with Gasteiger partial charge >= 0.3 is 0 Å². The highest BCUT2D eigenvalue weighted by molar-refractivity contribution is 5.18. The number of nitrogens with one attached hydrogen (secondary N) is 2. The van der Waals surface area contributed by atoms with Crippen molar-refractivity contribution in [3.63, 3.8) is 0 Å². The molecule has 0 aromatic carbocycles. The first-order valence-electron chi connectivity index (χ1n) is 5.80. The molecule has 86 valence electrons. The van der Waals surface area contributed by atoms with E-state index in [2.05, 4.69) is 50.1 Å². The molecule has 0 spiro atoms. The van der Waals surface area contributed by atoms with E-state index in [4.69, 9.17) is 0 Å². The van der Waals surface area contributed by atoms with Crippen molar-refractivity contribution in [1.82, 2.24) is 15.5 Å². The van der Waals surface area contributed by atoms with E-state index in [1.807, 2.05) is 6.20 Å². The van der Waals surface area contributed by atoms with Crippen molar-refractivity contribution in [1.29, 1.82) is 0 Å². The summed E-state index contributed by atoms with van der Waals surface area (Å²) < 4.78 is 0. The van der Waals surface area contributed by atoms with Gasteiger partial charge in [-0.2, -0.15) is 5.10 Å². The van der Waals surface area contributed by atoms with Gasteiger partial charge in [-0.3, -0.25) is 5.10 Å². The third-order valence-corrected chi connectivity index (χ3v) is 3.46. The standard InChI is InChI=1S/C12H23N3/c1-6-12(5,7-2)14-9(3)11-8-13-15-10(11)4/h8-9,14H,6-7H2,1-5H3,(H,13,15). The van der Waals surface area contributed by atoms with E-state index in [0.29, 0.717) is 6.04 Å². The van der Waals surface area contributed by atoms with Crippen molar-refractivity contribution < 1.29 is 0 Å². The lowest BCUT2D eigenvalue weighted by Crippen LogP contribution is -2.42. The number of nitrogens with zero attached hydrogens (tertiary/aromatic N) is 1. The van der Waals surface area contributed by atoms with Crippen molar-refractivity contribution in [2.24, 2.45) is 0 Å². The zero-order chi connectivity index (χ0) is 11.5. The SMILES string of the molecule is CCC(C)(CC)NC(C)c1cn[nH]c1C. The molecule has 0 saturated carbocycles. The highest BCUT2D eigenvalue weighted by Crippen LogP contribution is 2.22. The molecule has 1 heterocycles. The van der Waals surface area contributed by atoms with E-state index in [-0.39, 0.29) is 5.54 Å². The molecular formula is C12H23N3. The van der Waals surface area contributed by atoms with E-state index < -0.39 is 0 Å². The van der Waals surface area contributed by atoms with E-state index in [1.165, 1.54) is 5.56 Å². The molecule has 3 heteroatoms. The van der Waals surface area contributed by atoms with Gasteiger partial charge in [0, 0.05) is 22.8 Å². The van der Waals surface area contributed by atoms with Gasteiger partial charge in [-0.05, 0) is 33.6 Å². The number of aryl methyl sites for hydroxylation is 1. The van der Waals surface area contributed by atoms with Gasteiger partial charge in [0.2, 0.25) is 0 Å². The predicted octanol–water partition coefficient (Wildman–Crippen LogP) is 2.95. The summed E-state index contributed by atoms with van der Waals surface area (Å²) in [4.78, 5) is 0. The smallest absolute Gasteiger partial charge is 0.0537 e. The number of aromatic nitrogens is 2. The zero-order valence-corrected chi connectivity index (χ0v) is 10.5. The van der Waals surface area contributed by atoms with Gasteiger partial charge in [0.15, 0.2) is 0 Å². The molecule has 0 amide bonds. The molecule has 15 heavy (non-hydrogen) atoms. The minimum atomic E-state index is 0.225. The lowest BCUT2D eigenvalue weighted by Gasteiger charge is -2.32. The van der Waals surface area contributed by atoms with Crippen LogP contribution in [0.15, 0.2) is 6.20 Å². The van der Waals surface area contributed by atoms with Crippen LogP contribution in [0.4, 0.5) is 0 Å². The largest absolute Gasteiger partial charge is 0.305 e. The maximum absolute atomic E-state index is 4.06. The number of H-pyrrole nitrogens is 1. The molecule has 1 atom stereocenters. The third kappa shape index (κ3) is 2.81. The van der Waals surface area contributed by atoms with Gasteiger partial charge < -0.3 is 5.32 Å². The fraction of sp³-hybridized carbons (Fsp3) is 0.750. The van der Waals surface area contributed by atoms with Crippen molar-refractivity contribution in [2.75, 3.05) is 0 Å². The molecule has 1 unspecified atom stereocenters. The summed E-state index contributed by atoms with van der Waals surface area (Å²) in [5.74, 6) is 0. The van der Waals surface area contributed by atoms with Gasteiger partial charge in [0.1, 0.15) is 0 Å². The maximum Gasteiger partial charge on any atom is 0.0537 e. The van der Waals surface area contributed by atoms with Gasteiger partial charge in [0.05, 0.1) is 6.20 Å². The van der Waals surface area contributed by atoms with Crippen LogP contribution in [0.3, 0.4) is 0 Å². The van der Waals surface area contributed by atoms with Gasteiger partial charge in [-0.1, -0.05) is 13.8 Å². The average Bonchev–Trinajstić information content (AvgIpc) is 2.64. The summed E-state index contributed by atoms with van der Waals surface area (Å²) >= 11 is 0. The molecule has 1 rings (SSSR count). The Hall–Kier alpha value is -0.830. The van der Waals surface area contributed by atoms with Crippen molar-refractivity contribution in [2.45, 2.75) is 59.0 Å². The highest BCUT2D eigenvalue weighted by Gasteiger charge is 2.23. The van der Waals surface area contributed by atoms with Crippen LogP contribution >= 0.6 is 0 Å². The Morgan fingerprint density at radius 1 is 1.47 bits per heavy atom. The van der Waals surface area contributed by atoms with E-state index in [9.17, 15) is 0 Å². The Bertz CT molecular complexity index is 300. The Balaban J connectivity index is 2.71. The minimum Gasteiger partial charge on any atom is -0.305 e. The quantitative estimate of drug-likeness (QED) is 0.782. The predicted molar refractivity (Wildman–Crippen MR) is 63.9 cm³/mol. The first kappa shape index (κ1) is 12.2. The molecule has 2 N–H and O–H groups in total. The van der Waals surface area contributed by atoms with E-state index in [0.717, 1.165) is 18.5 Å². The second-order valence-electron chi connectivity index (χ2n) is 4.58. The normalized spacial score (nSPS) is 14.2. The summed E-state index contributed by atoms with van der Waals surface area (Å²) in [7, 11) is 0. The second-order valence-corrected chi connectivity index (χ2v) is 4.58. The number of hydrogen-bond donors (Lipinski definition) is 2. The first-order valence-corrected chi connectivity index (χ1v) is 5.80. The average molecular weight is 209 g/mol. The molecule has 1 aromatic heterocycles. The third-order valence-electron chi connectivity index (χ3n) is 3.46. The first-order chi connectivity index (χ1) is 7.02. The van der Waals surface area contributed by atoms with Crippen molar-refractivity contribution in [3.8, 4) is 0 Å². The number of aromatic amines is 1. The van der Waals surface area contributed by atoms with Gasteiger partial charge in [-0.15, -0.1) is 0 Å². The van der Waals surface area contributed by atoms with Crippen LogP contribution in [0.5, 0.6) is 0 Å². The Kier molecular flexibility index (Phi) is 3.91. The van der Waals surface area contributed by atoms with Crippen LogP contribution in [-0.2, 0) is 0 Å². The van der Waals surface area contributed by atoms with Crippen LogP contribution in [0, 0.1) is 6.92 Å². The fourth-order valence-electron chi connectivity index (χ4n) is 1.85. The lowest BCUT2D eigenvalue weighted by atomic mass is 9.93. The summed E-state index contributed by atoms with van der Waals surface area (Å²) in [6.45, 7) is 11.0. The van der Waals surface area contributed by atoms with Crippen LogP contribution in [0.2, 0.25) is 0 Å². The van der Waals surface area contributed by atoms with Crippen LogP contribution in [0.1, 0.15) is 57.8 Å². The second kappa shape index (κ2) is 4.79. The van der Waals surface area contributed by atoms with Crippen LogP contribution in [0.25, 0.3) is 0 Å². The Labute approximate surface area is 92.7 Å². The number of rotatable bonds is 5. The van der Waals surface area contributed by atoms with Crippen molar-refractivity contribution in [3.05, 3.63) is 17.5 Å². The molecule has 0 bridgehead atoms. The van der Waals surface area contributed by atoms with Gasteiger partial charge in [-0.25, -0.2) is 0 Å². The summed E-state index contributed by atoms with van der Waals surface area (Å²) in [6, 6.07) is 0.355. The zero-order valence-electron chi connectivity index (χ0n) is 10.5. The summed E-state index contributed by atoms with van der Waals surface area (Å²) in [5.41, 5.74) is 2.65. The van der Waals surface area contributed by atoms with E-state index >= 15 is 0 Å². The van der Waals surface area contributed by atoms with Crippen molar-refractivity contribution >= 4 is 0 Å². The Morgan fingerprint density at radius 3 is 2.47 bits per heavy atom. The highest BCUT2D eigenvalue weighted by atomic mass is 15.1. The van der Waals surface area contributed by atoms with Gasteiger partial charge in [0.25, 0.3) is 0 Å². The van der Waals surface area contributed by atoms with Crippen LogP contribution in [-0.4, -0.2) is 15.7 Å². The molecule has 0 radical (unpaired) electrons. The minimum absolute atomic E-state index is 0.225. The monoisotopic (exact) mass is 209 g/mol. The molecular weight excluding hydrogens is 186 g/mol. The molecule has 0 aliphatic carbocycles. The van der Waals surface area contributed by atoms with Crippen LogP contribution < -0.4 is 5.32 Å².